The Morgan fingerprint density at radius 2 is 1.81 bits per heavy atom. The van der Waals surface area contributed by atoms with E-state index in [1.807, 2.05) is 0 Å². The number of carbonyl (C=O) groups excluding carboxylic acids is 4. The quantitative estimate of drug-likeness (QED) is 0.345. The number of nitrogens with one attached hydrogen (secondary N) is 2. The van der Waals surface area contributed by atoms with E-state index in [0.717, 1.165) is 4.90 Å². The Hall–Kier alpha value is -1.90. The minimum absolute atomic E-state index is 0.00887. The zero-order valence-corrected chi connectivity index (χ0v) is 12.8. The van der Waals surface area contributed by atoms with Crippen molar-refractivity contribution in [1.29, 1.82) is 0 Å². The lowest BCUT2D eigenvalue weighted by atomic mass is 10.3. The van der Waals surface area contributed by atoms with Crippen LogP contribution in [-0.2, 0) is 19.1 Å². The van der Waals surface area contributed by atoms with E-state index in [-0.39, 0.29) is 32.0 Å². The molecule has 0 aromatic heterocycles. The molecule has 0 aromatic carbocycles. The molecule has 21 heavy (non-hydrogen) atoms. The lowest BCUT2D eigenvalue weighted by Crippen LogP contribution is -2.36. The van der Waals surface area contributed by atoms with Crippen molar-refractivity contribution in [3.8, 4) is 0 Å². The molecule has 0 radical (unpaired) electrons. The predicted molar refractivity (Wildman–Crippen MR) is 76.6 cm³/mol. The fourth-order valence-corrected chi connectivity index (χ4v) is 1.69. The maximum atomic E-state index is 11.5. The lowest BCUT2D eigenvalue weighted by Gasteiger charge is -2.13. The molecule has 1 heterocycles. The zero-order chi connectivity index (χ0) is 15.7. The molecule has 1 rings (SSSR count). The third-order valence-electron chi connectivity index (χ3n) is 2.48. The highest BCUT2D eigenvalue weighted by molar-refractivity contribution is 9.09. The molecule has 0 atom stereocenters. The first-order chi connectivity index (χ1) is 10.0. The summed E-state index contributed by atoms with van der Waals surface area (Å²) in [5.41, 5.74) is 0. The average molecular weight is 362 g/mol. The molecule has 0 fully saturated rings. The van der Waals surface area contributed by atoms with Gasteiger partial charge in [-0.25, -0.2) is 4.79 Å². The van der Waals surface area contributed by atoms with Crippen molar-refractivity contribution in [2.45, 2.75) is 6.42 Å². The Morgan fingerprint density at radius 3 is 2.43 bits per heavy atom. The molecule has 0 saturated carbocycles. The number of carbonyl (C=O) groups is 4. The Balaban J connectivity index is 2.08. The molecule has 1 aliphatic heterocycles. The highest BCUT2D eigenvalue weighted by Gasteiger charge is 2.23. The SMILES string of the molecule is O=C(CCN1C(=O)C=CC1=O)NCCOC(=O)NCCBr. The summed E-state index contributed by atoms with van der Waals surface area (Å²) in [4.78, 5) is 46.0. The fraction of sp³-hybridized carbons (Fsp3) is 0.500. The first kappa shape index (κ1) is 17.2. The number of ether oxygens (including phenoxy) is 1. The Labute approximate surface area is 130 Å². The second-order valence-corrected chi connectivity index (χ2v) is 4.81. The van der Waals surface area contributed by atoms with Gasteiger partial charge in [-0.3, -0.25) is 19.3 Å². The fourth-order valence-electron chi connectivity index (χ4n) is 1.49. The number of hydrogen-bond acceptors (Lipinski definition) is 5. The van der Waals surface area contributed by atoms with Gasteiger partial charge in [0.05, 0.1) is 6.54 Å². The van der Waals surface area contributed by atoms with E-state index >= 15 is 0 Å². The number of imide groups is 1. The minimum Gasteiger partial charge on any atom is -0.448 e. The van der Waals surface area contributed by atoms with E-state index in [2.05, 4.69) is 26.6 Å². The van der Waals surface area contributed by atoms with E-state index in [0.29, 0.717) is 11.9 Å². The number of alkyl halides is 1. The number of rotatable bonds is 8. The normalized spacial score (nSPS) is 13.5. The molecule has 0 saturated heterocycles. The average Bonchev–Trinajstić information content (AvgIpc) is 2.78. The second-order valence-electron chi connectivity index (χ2n) is 4.01. The zero-order valence-electron chi connectivity index (χ0n) is 11.3. The number of nitrogens with zero attached hydrogens (tertiary/aromatic N) is 1. The van der Waals surface area contributed by atoms with E-state index < -0.39 is 17.9 Å². The van der Waals surface area contributed by atoms with Crippen LogP contribution < -0.4 is 10.6 Å². The van der Waals surface area contributed by atoms with Gasteiger partial charge in [0.15, 0.2) is 0 Å². The van der Waals surface area contributed by atoms with E-state index in [4.69, 9.17) is 4.74 Å². The molecule has 116 valence electrons. The van der Waals surface area contributed by atoms with Crippen LogP contribution >= 0.6 is 15.9 Å². The van der Waals surface area contributed by atoms with Crippen molar-refractivity contribution in [2.24, 2.45) is 0 Å². The molecule has 4 amide bonds. The van der Waals surface area contributed by atoms with Crippen LogP contribution in [0.3, 0.4) is 0 Å². The summed E-state index contributed by atoms with van der Waals surface area (Å²) < 4.78 is 4.79. The molecule has 8 nitrogen and oxygen atoms in total. The van der Waals surface area contributed by atoms with E-state index in [9.17, 15) is 19.2 Å². The van der Waals surface area contributed by atoms with Crippen molar-refractivity contribution in [1.82, 2.24) is 15.5 Å². The van der Waals surface area contributed by atoms with Gasteiger partial charge in [0.2, 0.25) is 5.91 Å². The smallest absolute Gasteiger partial charge is 0.407 e. The maximum Gasteiger partial charge on any atom is 0.407 e. The first-order valence-corrected chi connectivity index (χ1v) is 7.43. The summed E-state index contributed by atoms with van der Waals surface area (Å²) >= 11 is 3.15. The van der Waals surface area contributed by atoms with Gasteiger partial charge in [-0.1, -0.05) is 15.9 Å². The van der Waals surface area contributed by atoms with Crippen molar-refractivity contribution in [3.05, 3.63) is 12.2 Å². The van der Waals surface area contributed by atoms with Crippen LogP contribution in [0.4, 0.5) is 4.79 Å². The van der Waals surface area contributed by atoms with Gasteiger partial charge in [0.25, 0.3) is 11.8 Å². The van der Waals surface area contributed by atoms with Gasteiger partial charge < -0.3 is 15.4 Å². The third-order valence-corrected chi connectivity index (χ3v) is 2.88. The molecular weight excluding hydrogens is 346 g/mol. The molecule has 2 N–H and O–H groups in total. The minimum atomic E-state index is -0.553. The van der Waals surface area contributed by atoms with Gasteiger partial charge in [-0.05, 0) is 0 Å². The largest absolute Gasteiger partial charge is 0.448 e. The highest BCUT2D eigenvalue weighted by atomic mass is 79.9. The van der Waals surface area contributed by atoms with Crippen molar-refractivity contribution in [2.75, 3.05) is 31.6 Å². The molecular formula is C12H16BrN3O5. The molecule has 0 unspecified atom stereocenters. The summed E-state index contributed by atoms with van der Waals surface area (Å²) in [6.07, 6.45) is 1.79. The van der Waals surface area contributed by atoms with Gasteiger partial charge in [0, 0.05) is 37.0 Å². The van der Waals surface area contributed by atoms with Crippen LogP contribution in [0.2, 0.25) is 0 Å². The monoisotopic (exact) mass is 361 g/mol. The van der Waals surface area contributed by atoms with Crippen molar-refractivity contribution < 1.29 is 23.9 Å². The second kappa shape index (κ2) is 9.11. The number of alkyl carbamates (subject to hydrolysis) is 1. The Kier molecular flexibility index (Phi) is 7.44. The summed E-state index contributed by atoms with van der Waals surface area (Å²) in [7, 11) is 0. The molecule has 0 aliphatic carbocycles. The van der Waals surface area contributed by atoms with Crippen molar-refractivity contribution in [3.63, 3.8) is 0 Å². The van der Waals surface area contributed by atoms with E-state index in [1.165, 1.54) is 12.2 Å². The molecule has 1 aliphatic rings. The number of halogens is 1. The molecule has 0 bridgehead atoms. The maximum absolute atomic E-state index is 11.5. The van der Waals surface area contributed by atoms with Crippen LogP contribution in [0.15, 0.2) is 12.2 Å². The topological polar surface area (TPSA) is 105 Å². The van der Waals surface area contributed by atoms with Crippen LogP contribution in [0.1, 0.15) is 6.42 Å². The van der Waals surface area contributed by atoms with Crippen LogP contribution in [0, 0.1) is 0 Å². The standard InChI is InChI=1S/C12H16BrN3O5/c13-4-5-15-12(20)21-8-6-14-9(17)3-7-16-10(18)1-2-11(16)19/h1-2H,3-8H2,(H,14,17)(H,15,20). The van der Waals surface area contributed by atoms with Gasteiger partial charge >= 0.3 is 6.09 Å². The summed E-state index contributed by atoms with van der Waals surface area (Å²) in [5.74, 6) is -1.16. The number of amides is 4. The number of hydrogen-bond donors (Lipinski definition) is 2. The summed E-state index contributed by atoms with van der Waals surface area (Å²) in [6, 6.07) is 0. The first-order valence-electron chi connectivity index (χ1n) is 6.31. The third kappa shape index (κ3) is 6.39. The van der Waals surface area contributed by atoms with Gasteiger partial charge in [-0.15, -0.1) is 0 Å². The molecule has 0 spiro atoms. The molecule has 9 heteroatoms. The van der Waals surface area contributed by atoms with Gasteiger partial charge in [0.1, 0.15) is 6.61 Å². The van der Waals surface area contributed by atoms with Crippen LogP contribution in [0.25, 0.3) is 0 Å². The lowest BCUT2D eigenvalue weighted by molar-refractivity contribution is -0.137. The predicted octanol–water partition coefficient (Wildman–Crippen LogP) is -0.461. The van der Waals surface area contributed by atoms with Crippen LogP contribution in [-0.4, -0.2) is 60.3 Å². The van der Waals surface area contributed by atoms with Crippen LogP contribution in [0.5, 0.6) is 0 Å². The Morgan fingerprint density at radius 1 is 1.14 bits per heavy atom. The van der Waals surface area contributed by atoms with Crippen molar-refractivity contribution >= 4 is 39.7 Å². The summed E-state index contributed by atoms with van der Waals surface area (Å²) in [5, 5.41) is 5.63. The van der Waals surface area contributed by atoms with Gasteiger partial charge in [-0.2, -0.15) is 0 Å². The Bertz CT molecular complexity index is 434. The van der Waals surface area contributed by atoms with E-state index in [1.54, 1.807) is 0 Å². The summed E-state index contributed by atoms with van der Waals surface area (Å²) in [6.45, 7) is 0.698. The molecule has 0 aromatic rings. The highest BCUT2D eigenvalue weighted by Crippen LogP contribution is 2.03.